The molecule has 9 heteroatoms. The standard InChI is InChI=1S/C26H36N4O4S/c1-17-13-30(15-24-27-10-11-35-24)18(2)16-34-22-9-8-20(28-25(31)19-6-5-7-19)12-21(22)26(32)29(3)14-23(17)33-4/h8-12,17-19,23H,5-7,13-16H2,1-4H3,(H,28,31)/t17-,18+,23+/m0/s1. The lowest BCUT2D eigenvalue weighted by atomic mass is 9.85. The summed E-state index contributed by atoms with van der Waals surface area (Å²) in [5.74, 6) is 0.642. The summed E-state index contributed by atoms with van der Waals surface area (Å²) in [4.78, 5) is 34.5. The number of anilines is 1. The molecular weight excluding hydrogens is 464 g/mol. The second-order valence-electron chi connectivity index (χ2n) is 9.78. The number of aromatic nitrogens is 1. The molecule has 0 spiro atoms. The Bertz CT molecular complexity index is 1010. The van der Waals surface area contributed by atoms with Crippen molar-refractivity contribution in [2.24, 2.45) is 11.8 Å². The fraction of sp³-hybridized carbons (Fsp3) is 0.577. The first-order valence-electron chi connectivity index (χ1n) is 12.3. The highest BCUT2D eigenvalue weighted by Crippen LogP contribution is 2.30. The summed E-state index contributed by atoms with van der Waals surface area (Å²) in [5, 5.41) is 6.03. The first kappa shape index (κ1) is 25.6. The van der Waals surface area contributed by atoms with E-state index in [-0.39, 0.29) is 35.8 Å². The molecule has 1 aliphatic heterocycles. The Labute approximate surface area is 211 Å². The fourth-order valence-electron chi connectivity index (χ4n) is 4.57. The van der Waals surface area contributed by atoms with Gasteiger partial charge in [0.15, 0.2) is 0 Å². The third-order valence-corrected chi connectivity index (χ3v) is 7.90. The van der Waals surface area contributed by atoms with Crippen LogP contribution in [0.2, 0.25) is 0 Å². The van der Waals surface area contributed by atoms with Gasteiger partial charge >= 0.3 is 0 Å². The van der Waals surface area contributed by atoms with Crippen molar-refractivity contribution in [3.8, 4) is 5.75 Å². The smallest absolute Gasteiger partial charge is 0.257 e. The molecule has 1 saturated carbocycles. The topological polar surface area (TPSA) is 84.0 Å². The van der Waals surface area contributed by atoms with Crippen LogP contribution < -0.4 is 10.1 Å². The van der Waals surface area contributed by atoms with E-state index in [0.717, 1.165) is 37.4 Å². The van der Waals surface area contributed by atoms with Crippen LogP contribution in [-0.4, -0.2) is 72.6 Å². The molecule has 2 amide bonds. The maximum absolute atomic E-state index is 13.5. The number of carbonyl (C=O) groups excluding carboxylic acids is 2. The maximum atomic E-state index is 13.5. The van der Waals surface area contributed by atoms with E-state index in [9.17, 15) is 9.59 Å². The predicted molar refractivity (Wildman–Crippen MR) is 137 cm³/mol. The van der Waals surface area contributed by atoms with E-state index >= 15 is 0 Å². The molecule has 4 rings (SSSR count). The van der Waals surface area contributed by atoms with Gasteiger partial charge in [-0.25, -0.2) is 4.98 Å². The van der Waals surface area contributed by atoms with E-state index in [1.54, 1.807) is 42.5 Å². The number of nitrogens with one attached hydrogen (secondary N) is 1. The Hall–Kier alpha value is -2.49. The van der Waals surface area contributed by atoms with Gasteiger partial charge in [-0.1, -0.05) is 13.3 Å². The molecule has 1 N–H and O–H groups in total. The molecule has 0 bridgehead atoms. The molecule has 35 heavy (non-hydrogen) atoms. The average molecular weight is 501 g/mol. The van der Waals surface area contributed by atoms with Gasteiger partial charge in [-0.15, -0.1) is 11.3 Å². The summed E-state index contributed by atoms with van der Waals surface area (Å²) in [6.07, 6.45) is 4.65. The van der Waals surface area contributed by atoms with Crippen molar-refractivity contribution in [2.45, 2.75) is 51.8 Å². The zero-order valence-corrected chi connectivity index (χ0v) is 21.8. The van der Waals surface area contributed by atoms with Gasteiger partial charge in [0.25, 0.3) is 5.91 Å². The van der Waals surface area contributed by atoms with Gasteiger partial charge in [0, 0.05) is 56.5 Å². The monoisotopic (exact) mass is 500 g/mol. The van der Waals surface area contributed by atoms with Gasteiger partial charge in [-0.3, -0.25) is 14.5 Å². The number of amides is 2. The molecule has 0 saturated heterocycles. The predicted octanol–water partition coefficient (Wildman–Crippen LogP) is 3.89. The lowest BCUT2D eigenvalue weighted by Crippen LogP contribution is -2.46. The minimum Gasteiger partial charge on any atom is -0.491 e. The van der Waals surface area contributed by atoms with Crippen molar-refractivity contribution in [3.05, 3.63) is 40.3 Å². The summed E-state index contributed by atoms with van der Waals surface area (Å²) < 4.78 is 12.1. The van der Waals surface area contributed by atoms with E-state index in [1.807, 2.05) is 17.6 Å². The van der Waals surface area contributed by atoms with E-state index < -0.39 is 0 Å². The number of fused-ring (bicyclic) bond motifs is 1. The lowest BCUT2D eigenvalue weighted by Gasteiger charge is -2.35. The molecule has 1 aromatic carbocycles. The summed E-state index contributed by atoms with van der Waals surface area (Å²) in [5.41, 5.74) is 1.06. The Morgan fingerprint density at radius 1 is 1.29 bits per heavy atom. The number of methoxy groups -OCH3 is 1. The van der Waals surface area contributed by atoms with Crippen molar-refractivity contribution < 1.29 is 19.1 Å². The zero-order chi connectivity index (χ0) is 24.9. The van der Waals surface area contributed by atoms with Crippen LogP contribution in [-0.2, 0) is 16.1 Å². The largest absolute Gasteiger partial charge is 0.491 e. The molecule has 1 aliphatic carbocycles. The molecule has 2 heterocycles. The van der Waals surface area contributed by atoms with Crippen molar-refractivity contribution in [3.63, 3.8) is 0 Å². The van der Waals surface area contributed by atoms with Gasteiger partial charge in [0.05, 0.1) is 18.2 Å². The van der Waals surface area contributed by atoms with E-state index in [2.05, 4.69) is 29.0 Å². The summed E-state index contributed by atoms with van der Waals surface area (Å²) in [7, 11) is 3.48. The number of likely N-dealkylation sites (N-methyl/N-ethyl adjacent to an activating group) is 1. The SMILES string of the molecule is CO[C@@H]1CN(C)C(=O)c2cc(NC(=O)C3CCC3)ccc2OC[C@@H](C)N(Cc2nccs2)C[C@@H]1C. The van der Waals surface area contributed by atoms with Crippen LogP contribution in [0, 0.1) is 11.8 Å². The van der Waals surface area contributed by atoms with E-state index in [4.69, 9.17) is 9.47 Å². The van der Waals surface area contributed by atoms with Crippen LogP contribution in [0.25, 0.3) is 0 Å². The third-order valence-electron chi connectivity index (χ3n) is 7.14. The summed E-state index contributed by atoms with van der Waals surface area (Å²) in [6.45, 7) is 6.69. The first-order valence-corrected chi connectivity index (χ1v) is 13.2. The number of ether oxygens (including phenoxy) is 2. The van der Waals surface area contributed by atoms with E-state index in [0.29, 0.717) is 30.2 Å². The minimum atomic E-state index is -0.151. The van der Waals surface area contributed by atoms with Gasteiger partial charge in [0.2, 0.25) is 5.91 Å². The normalized spacial score (nSPS) is 24.5. The van der Waals surface area contributed by atoms with Crippen LogP contribution in [0.3, 0.4) is 0 Å². The third kappa shape index (κ3) is 6.20. The second kappa shape index (κ2) is 11.5. The molecule has 0 unspecified atom stereocenters. The summed E-state index contributed by atoms with van der Waals surface area (Å²) in [6, 6.07) is 5.43. The number of hydrogen-bond acceptors (Lipinski definition) is 7. The highest BCUT2D eigenvalue weighted by Gasteiger charge is 2.29. The molecule has 2 aliphatic rings. The Morgan fingerprint density at radius 3 is 2.74 bits per heavy atom. The highest BCUT2D eigenvalue weighted by atomic mass is 32.1. The lowest BCUT2D eigenvalue weighted by molar-refractivity contribution is -0.122. The van der Waals surface area contributed by atoms with Crippen molar-refractivity contribution in [1.29, 1.82) is 0 Å². The second-order valence-corrected chi connectivity index (χ2v) is 10.8. The van der Waals surface area contributed by atoms with Crippen molar-refractivity contribution in [2.75, 3.05) is 39.2 Å². The van der Waals surface area contributed by atoms with Crippen LogP contribution in [0.5, 0.6) is 5.75 Å². The van der Waals surface area contributed by atoms with Gasteiger partial charge in [-0.05, 0) is 43.9 Å². The molecule has 0 radical (unpaired) electrons. The van der Waals surface area contributed by atoms with Crippen LogP contribution in [0.15, 0.2) is 29.8 Å². The Morgan fingerprint density at radius 2 is 2.09 bits per heavy atom. The molecule has 190 valence electrons. The van der Waals surface area contributed by atoms with Crippen molar-refractivity contribution >= 4 is 28.8 Å². The molecule has 2 aromatic rings. The molecular formula is C26H36N4O4S. The van der Waals surface area contributed by atoms with Crippen LogP contribution in [0.1, 0.15) is 48.5 Å². The van der Waals surface area contributed by atoms with Gasteiger partial charge < -0.3 is 19.7 Å². The maximum Gasteiger partial charge on any atom is 0.257 e. The number of rotatable bonds is 5. The molecule has 8 nitrogen and oxygen atoms in total. The van der Waals surface area contributed by atoms with Crippen LogP contribution in [0.4, 0.5) is 5.69 Å². The number of hydrogen-bond donors (Lipinski definition) is 1. The van der Waals surface area contributed by atoms with Crippen LogP contribution >= 0.6 is 11.3 Å². The fourth-order valence-corrected chi connectivity index (χ4v) is 5.21. The van der Waals surface area contributed by atoms with Crippen molar-refractivity contribution in [1.82, 2.24) is 14.8 Å². The van der Waals surface area contributed by atoms with E-state index in [1.165, 1.54) is 0 Å². The molecule has 1 fully saturated rings. The quantitative estimate of drug-likeness (QED) is 0.671. The Balaban J connectivity index is 1.60. The molecule has 3 atom stereocenters. The van der Waals surface area contributed by atoms with Gasteiger partial charge in [-0.2, -0.15) is 0 Å². The number of nitrogens with zero attached hydrogens (tertiary/aromatic N) is 3. The molecule has 1 aromatic heterocycles. The number of carbonyl (C=O) groups is 2. The number of benzene rings is 1. The van der Waals surface area contributed by atoms with Gasteiger partial charge in [0.1, 0.15) is 17.4 Å². The first-order chi connectivity index (χ1) is 16.9. The minimum absolute atomic E-state index is 0.0193. The zero-order valence-electron chi connectivity index (χ0n) is 21.0. The Kier molecular flexibility index (Phi) is 8.41. The highest BCUT2D eigenvalue weighted by molar-refractivity contribution is 7.09. The average Bonchev–Trinajstić information content (AvgIpc) is 3.31. The number of thiazole rings is 1. The summed E-state index contributed by atoms with van der Waals surface area (Å²) >= 11 is 1.65.